The molecule has 0 fully saturated rings. The molecule has 0 bridgehead atoms. The van der Waals surface area contributed by atoms with Gasteiger partial charge in [-0.2, -0.15) is 0 Å². The minimum atomic E-state index is -0.229. The number of nitrogens with one attached hydrogen (secondary N) is 3. The fraction of sp³-hybridized carbons (Fsp3) is 0.467. The Morgan fingerprint density at radius 1 is 1.15 bits per heavy atom. The van der Waals surface area contributed by atoms with Crippen LogP contribution in [0.5, 0.6) is 0 Å². The maximum Gasteiger partial charge on any atom is 0.243 e. The van der Waals surface area contributed by atoms with E-state index in [0.717, 1.165) is 17.8 Å². The van der Waals surface area contributed by atoms with Crippen LogP contribution in [0.4, 0.5) is 5.69 Å². The number of hydrogen-bond acceptors (Lipinski definition) is 3. The molecule has 1 aromatic carbocycles. The van der Waals surface area contributed by atoms with Gasteiger partial charge in [0.05, 0.1) is 13.1 Å². The molecule has 0 aliphatic heterocycles. The highest BCUT2D eigenvalue weighted by molar-refractivity contribution is 5.94. The number of carbonyl (C=O) groups is 2. The van der Waals surface area contributed by atoms with E-state index < -0.39 is 0 Å². The molecular formula is C15H23N3O2. The van der Waals surface area contributed by atoms with Crippen molar-refractivity contribution in [2.24, 2.45) is 5.92 Å². The molecule has 0 unspecified atom stereocenters. The molecule has 0 saturated heterocycles. The summed E-state index contributed by atoms with van der Waals surface area (Å²) in [6.45, 7) is 7.09. The number of aryl methyl sites for hydroxylation is 1. The molecule has 0 saturated carbocycles. The summed E-state index contributed by atoms with van der Waals surface area (Å²) in [5, 5.41) is 8.34. The van der Waals surface area contributed by atoms with Gasteiger partial charge in [-0.3, -0.25) is 9.59 Å². The molecule has 1 rings (SSSR count). The number of benzene rings is 1. The first-order valence-corrected chi connectivity index (χ1v) is 6.81. The van der Waals surface area contributed by atoms with E-state index >= 15 is 0 Å². The second-order valence-electron chi connectivity index (χ2n) is 5.22. The lowest BCUT2D eigenvalue weighted by Gasteiger charge is -2.09. The predicted molar refractivity (Wildman–Crippen MR) is 80.5 cm³/mol. The highest BCUT2D eigenvalue weighted by Crippen LogP contribution is 2.08. The van der Waals surface area contributed by atoms with E-state index in [4.69, 9.17) is 0 Å². The van der Waals surface area contributed by atoms with E-state index in [0.29, 0.717) is 5.92 Å². The largest absolute Gasteiger partial charge is 0.346 e. The highest BCUT2D eigenvalue weighted by atomic mass is 16.2. The fourth-order valence-electron chi connectivity index (χ4n) is 1.64. The Hall–Kier alpha value is -1.88. The molecule has 0 radical (unpaired) electrons. The molecule has 5 nitrogen and oxygen atoms in total. The molecule has 20 heavy (non-hydrogen) atoms. The van der Waals surface area contributed by atoms with Crippen molar-refractivity contribution in [2.45, 2.75) is 20.8 Å². The van der Waals surface area contributed by atoms with Crippen LogP contribution in [-0.2, 0) is 9.59 Å². The van der Waals surface area contributed by atoms with Crippen LogP contribution in [0.3, 0.4) is 0 Å². The molecule has 0 aromatic heterocycles. The third-order valence-corrected chi connectivity index (χ3v) is 2.59. The summed E-state index contributed by atoms with van der Waals surface area (Å²) in [4.78, 5) is 23.1. The van der Waals surface area contributed by atoms with Gasteiger partial charge in [0.25, 0.3) is 0 Å². The van der Waals surface area contributed by atoms with Crippen molar-refractivity contribution in [1.29, 1.82) is 0 Å². The average molecular weight is 277 g/mol. The Bertz CT molecular complexity index is 458. The van der Waals surface area contributed by atoms with Gasteiger partial charge >= 0.3 is 0 Å². The minimum absolute atomic E-state index is 0.0177. The van der Waals surface area contributed by atoms with E-state index in [1.165, 1.54) is 0 Å². The summed E-state index contributed by atoms with van der Waals surface area (Å²) in [6, 6.07) is 7.53. The van der Waals surface area contributed by atoms with Gasteiger partial charge in [0.1, 0.15) is 0 Å². The van der Waals surface area contributed by atoms with E-state index in [1.54, 1.807) is 0 Å². The smallest absolute Gasteiger partial charge is 0.243 e. The number of amides is 2. The van der Waals surface area contributed by atoms with Gasteiger partial charge in [-0.25, -0.2) is 0 Å². The molecule has 0 aliphatic carbocycles. The molecule has 0 heterocycles. The maximum absolute atomic E-state index is 11.7. The highest BCUT2D eigenvalue weighted by Gasteiger charge is 2.06. The monoisotopic (exact) mass is 277 g/mol. The van der Waals surface area contributed by atoms with Gasteiger partial charge in [-0.15, -0.1) is 0 Å². The van der Waals surface area contributed by atoms with Crippen LogP contribution in [0.2, 0.25) is 0 Å². The Labute approximate surface area is 120 Å². The topological polar surface area (TPSA) is 70.2 Å². The number of carbonyl (C=O) groups excluding carboxylic acids is 2. The number of rotatable bonds is 7. The van der Waals surface area contributed by atoms with Crippen LogP contribution < -0.4 is 16.0 Å². The van der Waals surface area contributed by atoms with Crippen LogP contribution >= 0.6 is 0 Å². The molecule has 2 amide bonds. The summed E-state index contributed by atoms with van der Waals surface area (Å²) < 4.78 is 0. The first kappa shape index (κ1) is 16.2. The van der Waals surface area contributed by atoms with E-state index in [2.05, 4.69) is 29.8 Å². The van der Waals surface area contributed by atoms with Gasteiger partial charge in [0.2, 0.25) is 11.8 Å². The van der Waals surface area contributed by atoms with Crippen molar-refractivity contribution in [3.05, 3.63) is 29.8 Å². The average Bonchev–Trinajstić information content (AvgIpc) is 2.36. The molecule has 1 aromatic rings. The van der Waals surface area contributed by atoms with Crippen LogP contribution in [0.1, 0.15) is 19.4 Å². The van der Waals surface area contributed by atoms with Crippen LogP contribution in [0.15, 0.2) is 24.3 Å². The standard InChI is InChI=1S/C15H23N3O2/c1-11(2)8-16-9-14(19)17-10-15(20)18-13-6-4-5-12(3)7-13/h4-7,11,16H,8-10H2,1-3H3,(H,17,19)(H,18,20). The zero-order chi connectivity index (χ0) is 15.0. The molecule has 3 N–H and O–H groups in total. The Morgan fingerprint density at radius 2 is 1.90 bits per heavy atom. The zero-order valence-corrected chi connectivity index (χ0v) is 12.3. The van der Waals surface area contributed by atoms with E-state index in [9.17, 15) is 9.59 Å². The second-order valence-corrected chi connectivity index (χ2v) is 5.22. The number of hydrogen-bond donors (Lipinski definition) is 3. The Morgan fingerprint density at radius 3 is 2.55 bits per heavy atom. The van der Waals surface area contributed by atoms with Crippen molar-refractivity contribution in [3.63, 3.8) is 0 Å². The normalized spacial score (nSPS) is 10.4. The Kier molecular flexibility index (Phi) is 6.73. The zero-order valence-electron chi connectivity index (χ0n) is 12.3. The van der Waals surface area contributed by atoms with Gasteiger partial charge in [-0.05, 0) is 37.1 Å². The van der Waals surface area contributed by atoms with Crippen LogP contribution in [0, 0.1) is 12.8 Å². The Balaban J connectivity index is 2.24. The molecule has 0 aliphatic rings. The maximum atomic E-state index is 11.7. The molecule has 0 atom stereocenters. The second kappa shape index (κ2) is 8.32. The van der Waals surface area contributed by atoms with Crippen molar-refractivity contribution in [3.8, 4) is 0 Å². The summed E-state index contributed by atoms with van der Waals surface area (Å²) in [7, 11) is 0. The summed E-state index contributed by atoms with van der Waals surface area (Å²) in [6.07, 6.45) is 0. The third-order valence-electron chi connectivity index (χ3n) is 2.59. The van der Waals surface area contributed by atoms with Gasteiger partial charge < -0.3 is 16.0 Å². The van der Waals surface area contributed by atoms with Crippen LogP contribution in [0.25, 0.3) is 0 Å². The van der Waals surface area contributed by atoms with Crippen LogP contribution in [-0.4, -0.2) is 31.4 Å². The minimum Gasteiger partial charge on any atom is -0.346 e. The third kappa shape index (κ3) is 6.89. The molecule has 110 valence electrons. The van der Waals surface area contributed by atoms with Gasteiger partial charge in [0.15, 0.2) is 0 Å². The lowest BCUT2D eigenvalue weighted by Crippen LogP contribution is -2.39. The first-order chi connectivity index (χ1) is 9.47. The van der Waals surface area contributed by atoms with E-state index in [1.807, 2.05) is 31.2 Å². The lowest BCUT2D eigenvalue weighted by atomic mass is 10.2. The summed E-state index contributed by atoms with van der Waals surface area (Å²) >= 11 is 0. The summed E-state index contributed by atoms with van der Waals surface area (Å²) in [5.74, 6) is 0.0882. The molecule has 0 spiro atoms. The van der Waals surface area contributed by atoms with Crippen molar-refractivity contribution in [2.75, 3.05) is 25.0 Å². The summed E-state index contributed by atoms with van der Waals surface area (Å²) in [5.41, 5.74) is 1.81. The fourth-order valence-corrected chi connectivity index (χ4v) is 1.64. The number of anilines is 1. The van der Waals surface area contributed by atoms with Gasteiger partial charge in [0, 0.05) is 5.69 Å². The van der Waals surface area contributed by atoms with Crippen molar-refractivity contribution < 1.29 is 9.59 Å². The van der Waals surface area contributed by atoms with Gasteiger partial charge in [-0.1, -0.05) is 26.0 Å². The SMILES string of the molecule is Cc1cccc(NC(=O)CNC(=O)CNCC(C)C)c1. The first-order valence-electron chi connectivity index (χ1n) is 6.81. The molecule has 5 heteroatoms. The quantitative estimate of drug-likeness (QED) is 0.703. The predicted octanol–water partition coefficient (Wildman–Crippen LogP) is 1.30. The van der Waals surface area contributed by atoms with E-state index in [-0.39, 0.29) is 24.9 Å². The van der Waals surface area contributed by atoms with Crippen molar-refractivity contribution in [1.82, 2.24) is 10.6 Å². The lowest BCUT2D eigenvalue weighted by molar-refractivity contribution is -0.123. The van der Waals surface area contributed by atoms with Crippen molar-refractivity contribution >= 4 is 17.5 Å². The molecular weight excluding hydrogens is 254 g/mol.